The Balaban J connectivity index is 2.03. The molecule has 2 heterocycles. The molecule has 0 aromatic carbocycles. The van der Waals surface area contributed by atoms with Crippen LogP contribution in [0.5, 0.6) is 5.88 Å². The molecule has 0 bridgehead atoms. The van der Waals surface area contributed by atoms with Gasteiger partial charge in [-0.05, 0) is 26.2 Å². The van der Waals surface area contributed by atoms with Crippen LogP contribution in [0.15, 0.2) is 0 Å². The third-order valence-corrected chi connectivity index (χ3v) is 3.54. The maximum absolute atomic E-state index is 11.9. The lowest BCUT2D eigenvalue weighted by molar-refractivity contribution is -0.122. The highest BCUT2D eigenvalue weighted by Crippen LogP contribution is 2.21. The van der Waals surface area contributed by atoms with Gasteiger partial charge in [-0.2, -0.15) is 5.10 Å². The van der Waals surface area contributed by atoms with Crippen LogP contribution in [0.3, 0.4) is 0 Å². The van der Waals surface area contributed by atoms with Crippen LogP contribution in [0.25, 0.3) is 0 Å². The van der Waals surface area contributed by atoms with E-state index in [0.29, 0.717) is 6.54 Å². The van der Waals surface area contributed by atoms with Crippen LogP contribution in [0.2, 0.25) is 0 Å². The maximum Gasteiger partial charge on any atom is 0.237 e. The minimum atomic E-state index is -0.119. The lowest BCUT2D eigenvalue weighted by Crippen LogP contribution is -2.42. The van der Waals surface area contributed by atoms with E-state index in [1.54, 1.807) is 11.8 Å². The van der Waals surface area contributed by atoms with Gasteiger partial charge in [-0.3, -0.25) is 4.79 Å². The minimum Gasteiger partial charge on any atom is -0.481 e. The summed E-state index contributed by atoms with van der Waals surface area (Å²) >= 11 is 0. The number of nitrogens with zero attached hydrogens (tertiary/aromatic N) is 2. The molecule has 1 aliphatic rings. The predicted octanol–water partition coefficient (Wildman–Crippen LogP) is 0.495. The molecule has 0 aliphatic carbocycles. The van der Waals surface area contributed by atoms with Crippen molar-refractivity contribution in [2.45, 2.75) is 38.8 Å². The number of nitrogens with one attached hydrogen (secondary N) is 2. The van der Waals surface area contributed by atoms with Gasteiger partial charge in [-0.25, -0.2) is 4.68 Å². The summed E-state index contributed by atoms with van der Waals surface area (Å²) in [5, 5.41) is 10.6. The van der Waals surface area contributed by atoms with E-state index in [4.69, 9.17) is 4.74 Å². The predicted molar refractivity (Wildman–Crippen MR) is 72.0 cm³/mol. The largest absolute Gasteiger partial charge is 0.481 e. The normalized spacial score (nSPS) is 19.9. The van der Waals surface area contributed by atoms with E-state index >= 15 is 0 Å². The summed E-state index contributed by atoms with van der Waals surface area (Å²) in [7, 11) is 3.49. The fourth-order valence-electron chi connectivity index (χ4n) is 2.50. The summed E-state index contributed by atoms with van der Waals surface area (Å²) in [5.41, 5.74) is 1.95. The van der Waals surface area contributed by atoms with Gasteiger partial charge in [0, 0.05) is 20.1 Å². The summed E-state index contributed by atoms with van der Waals surface area (Å²) in [5.74, 6) is 0.844. The molecule has 1 aromatic heterocycles. The van der Waals surface area contributed by atoms with Crippen molar-refractivity contribution >= 4 is 5.91 Å². The Labute approximate surface area is 113 Å². The highest BCUT2D eigenvalue weighted by molar-refractivity contribution is 5.81. The van der Waals surface area contributed by atoms with Crippen LogP contribution < -0.4 is 15.4 Å². The topological polar surface area (TPSA) is 68.2 Å². The smallest absolute Gasteiger partial charge is 0.237 e. The Morgan fingerprint density at radius 1 is 1.53 bits per heavy atom. The molecule has 0 unspecified atom stereocenters. The molecule has 1 aromatic rings. The number of rotatable bonds is 4. The van der Waals surface area contributed by atoms with E-state index < -0.39 is 0 Å². The highest BCUT2D eigenvalue weighted by atomic mass is 16.5. The molecule has 2 N–H and O–H groups in total. The zero-order valence-electron chi connectivity index (χ0n) is 11.8. The van der Waals surface area contributed by atoms with E-state index in [9.17, 15) is 4.79 Å². The number of aryl methyl sites for hydroxylation is 2. The molecule has 6 heteroatoms. The quantitative estimate of drug-likeness (QED) is 0.832. The Morgan fingerprint density at radius 3 is 3.05 bits per heavy atom. The van der Waals surface area contributed by atoms with Gasteiger partial charge in [-0.1, -0.05) is 0 Å². The first-order chi connectivity index (χ1) is 9.13. The fraction of sp³-hybridized carbons (Fsp3) is 0.692. The third-order valence-electron chi connectivity index (χ3n) is 3.54. The average molecular weight is 266 g/mol. The molecule has 0 saturated carbocycles. The first-order valence-electron chi connectivity index (χ1n) is 6.71. The van der Waals surface area contributed by atoms with Crippen LogP contribution in [0.4, 0.5) is 0 Å². The van der Waals surface area contributed by atoms with Crippen molar-refractivity contribution < 1.29 is 9.53 Å². The van der Waals surface area contributed by atoms with Gasteiger partial charge in [0.2, 0.25) is 11.8 Å². The summed E-state index contributed by atoms with van der Waals surface area (Å²) in [6, 6.07) is -0.119. The van der Waals surface area contributed by atoms with Gasteiger partial charge in [0.15, 0.2) is 0 Å². The number of hydrogen-bond donors (Lipinski definition) is 2. The Hall–Kier alpha value is -1.56. The number of carbonyl (C=O) groups excluding carboxylic acids is 1. The van der Waals surface area contributed by atoms with Crippen molar-refractivity contribution in [1.29, 1.82) is 0 Å². The highest BCUT2D eigenvalue weighted by Gasteiger charge is 2.21. The lowest BCUT2D eigenvalue weighted by Gasteiger charge is -2.15. The van der Waals surface area contributed by atoms with Gasteiger partial charge in [0.1, 0.15) is 0 Å². The molecule has 106 valence electrons. The summed E-state index contributed by atoms with van der Waals surface area (Å²) in [6.45, 7) is 3.33. The molecular weight excluding hydrogens is 244 g/mol. The molecule has 1 amide bonds. The third kappa shape index (κ3) is 3.07. The Kier molecular flexibility index (Phi) is 4.42. The van der Waals surface area contributed by atoms with Crippen molar-refractivity contribution in [3.63, 3.8) is 0 Å². The standard InChI is InChI=1S/C13H22N4O2/c1-9-10(13(19-3)17(2)16-9)8-15-11-6-4-5-7-14-12(11)18/h11,15H,4-8H2,1-3H3,(H,14,18)/t11-/m0/s1. The van der Waals surface area contributed by atoms with E-state index in [1.165, 1.54) is 0 Å². The van der Waals surface area contributed by atoms with Gasteiger partial charge < -0.3 is 15.4 Å². The SMILES string of the molecule is COc1c(CN[C@H]2CCCCNC2=O)c(C)nn1C. The molecule has 1 saturated heterocycles. The average Bonchev–Trinajstić information content (AvgIpc) is 2.53. The van der Waals surface area contributed by atoms with Gasteiger partial charge in [0.05, 0.1) is 24.4 Å². The van der Waals surface area contributed by atoms with Crippen molar-refractivity contribution in [2.24, 2.45) is 7.05 Å². The van der Waals surface area contributed by atoms with Gasteiger partial charge in [0.25, 0.3) is 0 Å². The van der Waals surface area contributed by atoms with Crippen LogP contribution in [0, 0.1) is 6.92 Å². The molecule has 0 radical (unpaired) electrons. The first kappa shape index (κ1) is 13.9. The molecule has 19 heavy (non-hydrogen) atoms. The number of carbonyl (C=O) groups is 1. The number of ether oxygens (including phenoxy) is 1. The summed E-state index contributed by atoms with van der Waals surface area (Å²) in [4.78, 5) is 11.9. The zero-order valence-corrected chi connectivity index (χ0v) is 11.8. The molecular formula is C13H22N4O2. The number of methoxy groups -OCH3 is 1. The lowest BCUT2D eigenvalue weighted by atomic mass is 10.1. The molecule has 2 rings (SSSR count). The van der Waals surface area contributed by atoms with Gasteiger partial charge >= 0.3 is 0 Å². The monoisotopic (exact) mass is 266 g/mol. The minimum absolute atomic E-state index is 0.0954. The second-order valence-corrected chi connectivity index (χ2v) is 4.92. The molecule has 1 fully saturated rings. The number of amides is 1. The van der Waals surface area contributed by atoms with E-state index in [2.05, 4.69) is 15.7 Å². The number of aromatic nitrogens is 2. The Morgan fingerprint density at radius 2 is 2.32 bits per heavy atom. The molecule has 0 spiro atoms. The zero-order chi connectivity index (χ0) is 13.8. The van der Waals surface area contributed by atoms with Crippen LogP contribution in [0.1, 0.15) is 30.5 Å². The Bertz CT molecular complexity index is 456. The second-order valence-electron chi connectivity index (χ2n) is 4.92. The van der Waals surface area contributed by atoms with Crippen LogP contribution in [-0.2, 0) is 18.4 Å². The van der Waals surface area contributed by atoms with Crippen molar-refractivity contribution in [3.05, 3.63) is 11.3 Å². The van der Waals surface area contributed by atoms with E-state index in [0.717, 1.165) is 42.9 Å². The van der Waals surface area contributed by atoms with Crippen LogP contribution in [-0.4, -0.2) is 35.4 Å². The number of hydrogen-bond acceptors (Lipinski definition) is 4. The van der Waals surface area contributed by atoms with Crippen molar-refractivity contribution in [1.82, 2.24) is 20.4 Å². The van der Waals surface area contributed by atoms with Crippen molar-refractivity contribution in [2.75, 3.05) is 13.7 Å². The summed E-state index contributed by atoms with van der Waals surface area (Å²) in [6.07, 6.45) is 3.01. The molecule has 1 atom stereocenters. The molecule has 6 nitrogen and oxygen atoms in total. The fourth-order valence-corrected chi connectivity index (χ4v) is 2.50. The van der Waals surface area contributed by atoms with E-state index in [-0.39, 0.29) is 11.9 Å². The van der Waals surface area contributed by atoms with Crippen molar-refractivity contribution in [3.8, 4) is 5.88 Å². The van der Waals surface area contributed by atoms with Gasteiger partial charge in [-0.15, -0.1) is 0 Å². The first-order valence-corrected chi connectivity index (χ1v) is 6.71. The summed E-state index contributed by atoms with van der Waals surface area (Å²) < 4.78 is 7.07. The molecule has 1 aliphatic heterocycles. The van der Waals surface area contributed by atoms with E-state index in [1.807, 2.05) is 14.0 Å². The maximum atomic E-state index is 11.9. The van der Waals surface area contributed by atoms with Crippen LogP contribution >= 0.6 is 0 Å². The second kappa shape index (κ2) is 6.06.